The molecule has 2 nitrogen and oxygen atoms in total. The van der Waals surface area contributed by atoms with Crippen molar-refractivity contribution in [3.05, 3.63) is 57.3 Å². The number of hydrogen-bond acceptors (Lipinski definition) is 2. The Balaban J connectivity index is 2.37. The summed E-state index contributed by atoms with van der Waals surface area (Å²) in [6, 6.07) is 9.61. The SMILES string of the molecule is NCCc1c(Cl)cccc1Oc1cc(F)ccc1Br. The number of halogens is 3. The van der Waals surface area contributed by atoms with E-state index in [-0.39, 0.29) is 5.82 Å². The topological polar surface area (TPSA) is 35.2 Å². The van der Waals surface area contributed by atoms with Crippen LogP contribution in [0.5, 0.6) is 11.5 Å². The highest BCUT2D eigenvalue weighted by Crippen LogP contribution is 2.34. The summed E-state index contributed by atoms with van der Waals surface area (Å²) in [6.45, 7) is 0.463. The van der Waals surface area contributed by atoms with Crippen LogP contribution in [0.15, 0.2) is 40.9 Å². The summed E-state index contributed by atoms with van der Waals surface area (Å²) in [4.78, 5) is 0. The molecule has 19 heavy (non-hydrogen) atoms. The van der Waals surface area contributed by atoms with Crippen LogP contribution < -0.4 is 10.5 Å². The Morgan fingerprint density at radius 1 is 1.21 bits per heavy atom. The van der Waals surface area contributed by atoms with Gasteiger partial charge in [-0.2, -0.15) is 0 Å². The summed E-state index contributed by atoms with van der Waals surface area (Å²) >= 11 is 9.44. The largest absolute Gasteiger partial charge is 0.456 e. The first-order valence-corrected chi connectivity index (χ1v) is 6.89. The Hall–Kier alpha value is -1.10. The average molecular weight is 345 g/mol. The average Bonchev–Trinajstić information content (AvgIpc) is 2.38. The van der Waals surface area contributed by atoms with Crippen LogP contribution in [0.1, 0.15) is 5.56 Å². The molecule has 2 aromatic carbocycles. The van der Waals surface area contributed by atoms with Gasteiger partial charge < -0.3 is 10.5 Å². The van der Waals surface area contributed by atoms with Gasteiger partial charge in [0.2, 0.25) is 0 Å². The Morgan fingerprint density at radius 2 is 2.00 bits per heavy atom. The van der Waals surface area contributed by atoms with Crippen molar-refractivity contribution in [3.63, 3.8) is 0 Å². The number of ether oxygens (including phenoxy) is 1. The molecule has 2 aromatic rings. The van der Waals surface area contributed by atoms with E-state index in [1.807, 2.05) is 0 Å². The number of hydrogen-bond donors (Lipinski definition) is 1. The first-order chi connectivity index (χ1) is 9.11. The van der Waals surface area contributed by atoms with E-state index >= 15 is 0 Å². The second-order valence-electron chi connectivity index (χ2n) is 3.93. The van der Waals surface area contributed by atoms with Crippen molar-refractivity contribution in [1.29, 1.82) is 0 Å². The molecule has 0 spiro atoms. The number of benzene rings is 2. The van der Waals surface area contributed by atoms with E-state index in [4.69, 9.17) is 22.1 Å². The molecule has 0 amide bonds. The molecule has 5 heteroatoms. The molecular weight excluding hydrogens is 333 g/mol. The van der Waals surface area contributed by atoms with Crippen LogP contribution in [-0.2, 0) is 6.42 Å². The van der Waals surface area contributed by atoms with Crippen LogP contribution in [0.3, 0.4) is 0 Å². The van der Waals surface area contributed by atoms with Gasteiger partial charge in [0.1, 0.15) is 17.3 Å². The molecule has 0 atom stereocenters. The third kappa shape index (κ3) is 3.47. The van der Waals surface area contributed by atoms with Crippen LogP contribution in [0.25, 0.3) is 0 Å². The second-order valence-corrected chi connectivity index (χ2v) is 5.19. The zero-order valence-electron chi connectivity index (χ0n) is 10.00. The summed E-state index contributed by atoms with van der Waals surface area (Å²) in [5.41, 5.74) is 6.38. The Labute approximate surface area is 124 Å². The molecule has 0 saturated heterocycles. The predicted molar refractivity (Wildman–Crippen MR) is 78.4 cm³/mol. The first kappa shape index (κ1) is 14.3. The lowest BCUT2D eigenvalue weighted by Crippen LogP contribution is -2.04. The van der Waals surface area contributed by atoms with Crippen molar-refractivity contribution >= 4 is 27.5 Å². The van der Waals surface area contributed by atoms with E-state index in [0.29, 0.717) is 34.0 Å². The van der Waals surface area contributed by atoms with Crippen LogP contribution in [0, 0.1) is 5.82 Å². The molecule has 100 valence electrons. The highest BCUT2D eigenvalue weighted by Gasteiger charge is 2.11. The first-order valence-electron chi connectivity index (χ1n) is 5.72. The van der Waals surface area contributed by atoms with E-state index in [9.17, 15) is 4.39 Å². The minimum Gasteiger partial charge on any atom is -0.456 e. The lowest BCUT2D eigenvalue weighted by Gasteiger charge is -2.13. The van der Waals surface area contributed by atoms with Gasteiger partial charge in [-0.25, -0.2) is 4.39 Å². The molecule has 0 saturated carbocycles. The molecule has 0 aliphatic heterocycles. The molecule has 2 rings (SSSR count). The zero-order chi connectivity index (χ0) is 13.8. The minimum absolute atomic E-state index is 0.361. The van der Waals surface area contributed by atoms with Crippen molar-refractivity contribution in [2.75, 3.05) is 6.54 Å². The molecular formula is C14H12BrClFNO. The number of rotatable bonds is 4. The third-order valence-corrected chi connectivity index (χ3v) is 3.59. The van der Waals surface area contributed by atoms with Crippen molar-refractivity contribution in [3.8, 4) is 11.5 Å². The second kappa shape index (κ2) is 6.37. The lowest BCUT2D eigenvalue weighted by atomic mass is 10.1. The monoisotopic (exact) mass is 343 g/mol. The summed E-state index contributed by atoms with van der Waals surface area (Å²) < 4.78 is 19.6. The highest BCUT2D eigenvalue weighted by molar-refractivity contribution is 9.10. The van der Waals surface area contributed by atoms with E-state index in [1.165, 1.54) is 12.1 Å². The zero-order valence-corrected chi connectivity index (χ0v) is 12.3. The maximum absolute atomic E-state index is 13.2. The molecule has 0 aliphatic carbocycles. The maximum Gasteiger partial charge on any atom is 0.144 e. The molecule has 0 unspecified atom stereocenters. The molecule has 0 fully saturated rings. The molecule has 0 radical (unpaired) electrons. The van der Waals surface area contributed by atoms with Gasteiger partial charge in [0.25, 0.3) is 0 Å². The smallest absolute Gasteiger partial charge is 0.144 e. The summed E-state index contributed by atoms with van der Waals surface area (Å²) in [7, 11) is 0. The molecule has 0 heterocycles. The van der Waals surface area contributed by atoms with Crippen LogP contribution in [0.4, 0.5) is 4.39 Å². The van der Waals surface area contributed by atoms with E-state index in [2.05, 4.69) is 15.9 Å². The predicted octanol–water partition coefficient (Wildman–Crippen LogP) is 4.54. The Kier molecular flexibility index (Phi) is 4.80. The van der Waals surface area contributed by atoms with Gasteiger partial charge in [-0.1, -0.05) is 17.7 Å². The fourth-order valence-corrected chi connectivity index (χ4v) is 2.28. The van der Waals surface area contributed by atoms with Crippen LogP contribution >= 0.6 is 27.5 Å². The summed E-state index contributed by atoms with van der Waals surface area (Å²) in [6.07, 6.45) is 0.599. The van der Waals surface area contributed by atoms with E-state index in [0.717, 1.165) is 5.56 Å². The standard InChI is InChI=1S/C14H12BrClFNO/c15-11-5-4-9(17)8-14(11)19-13-3-1-2-12(16)10(13)6-7-18/h1-5,8H,6-7,18H2. The van der Waals surface area contributed by atoms with Crippen LogP contribution in [0.2, 0.25) is 5.02 Å². The highest BCUT2D eigenvalue weighted by atomic mass is 79.9. The van der Waals surface area contributed by atoms with Gasteiger partial charge in [0.05, 0.1) is 4.47 Å². The Morgan fingerprint density at radius 3 is 2.74 bits per heavy atom. The van der Waals surface area contributed by atoms with Crippen molar-refractivity contribution in [1.82, 2.24) is 0 Å². The fourth-order valence-electron chi connectivity index (χ4n) is 1.70. The van der Waals surface area contributed by atoms with E-state index in [1.54, 1.807) is 24.3 Å². The summed E-state index contributed by atoms with van der Waals surface area (Å²) in [5, 5.41) is 0.593. The Bertz CT molecular complexity index is 592. The van der Waals surface area contributed by atoms with Gasteiger partial charge in [-0.15, -0.1) is 0 Å². The summed E-state index contributed by atoms with van der Waals surface area (Å²) in [5.74, 6) is 0.630. The quantitative estimate of drug-likeness (QED) is 0.884. The molecule has 0 aliphatic rings. The van der Waals surface area contributed by atoms with E-state index < -0.39 is 0 Å². The molecule has 0 aromatic heterocycles. The maximum atomic E-state index is 13.2. The third-order valence-electron chi connectivity index (χ3n) is 2.58. The number of nitrogens with two attached hydrogens (primary N) is 1. The van der Waals surface area contributed by atoms with Gasteiger partial charge in [0.15, 0.2) is 0 Å². The van der Waals surface area contributed by atoms with Crippen molar-refractivity contribution in [2.24, 2.45) is 5.73 Å². The minimum atomic E-state index is -0.361. The van der Waals surface area contributed by atoms with Gasteiger partial charge in [-0.05, 0) is 53.2 Å². The lowest BCUT2D eigenvalue weighted by molar-refractivity contribution is 0.468. The molecule has 0 bridgehead atoms. The van der Waals surface area contributed by atoms with Crippen molar-refractivity contribution in [2.45, 2.75) is 6.42 Å². The fraction of sp³-hybridized carbons (Fsp3) is 0.143. The van der Waals surface area contributed by atoms with Crippen LogP contribution in [-0.4, -0.2) is 6.54 Å². The van der Waals surface area contributed by atoms with Gasteiger partial charge in [-0.3, -0.25) is 0 Å². The normalized spacial score (nSPS) is 10.5. The van der Waals surface area contributed by atoms with Gasteiger partial charge in [0, 0.05) is 16.7 Å². The molecule has 2 N–H and O–H groups in total. The van der Waals surface area contributed by atoms with Gasteiger partial charge >= 0.3 is 0 Å². The van der Waals surface area contributed by atoms with Crippen molar-refractivity contribution < 1.29 is 9.13 Å².